The Labute approximate surface area is 122 Å². The van der Waals surface area contributed by atoms with Gasteiger partial charge in [-0.25, -0.2) is 9.37 Å². The second kappa shape index (κ2) is 5.89. The van der Waals surface area contributed by atoms with Gasteiger partial charge in [-0.1, -0.05) is 48.7 Å². The fourth-order valence-corrected chi connectivity index (χ4v) is 2.60. The van der Waals surface area contributed by atoms with Gasteiger partial charge in [-0.3, -0.25) is 0 Å². The van der Waals surface area contributed by atoms with Gasteiger partial charge in [0.05, 0.1) is 0 Å². The molecular formula is C15H14Cl2FN. The van der Waals surface area contributed by atoms with Gasteiger partial charge in [-0.05, 0) is 42.2 Å². The van der Waals surface area contributed by atoms with E-state index in [1.54, 1.807) is 12.1 Å². The molecule has 0 N–H and O–H groups in total. The largest absolute Gasteiger partial charge is 0.224 e. The van der Waals surface area contributed by atoms with Crippen molar-refractivity contribution in [1.29, 1.82) is 0 Å². The van der Waals surface area contributed by atoms with E-state index < -0.39 is 0 Å². The Hall–Kier alpha value is -1.12. The molecule has 0 unspecified atom stereocenters. The van der Waals surface area contributed by atoms with E-state index in [0.29, 0.717) is 10.7 Å². The fraction of sp³-hybridized carbons (Fsp3) is 0.267. The molecule has 0 aliphatic rings. The summed E-state index contributed by atoms with van der Waals surface area (Å²) in [5, 5.41) is 0.629. The van der Waals surface area contributed by atoms with Crippen LogP contribution in [0.25, 0.3) is 11.1 Å². The van der Waals surface area contributed by atoms with Crippen LogP contribution in [0.2, 0.25) is 10.3 Å². The molecule has 0 radical (unpaired) electrons. The van der Waals surface area contributed by atoms with Crippen molar-refractivity contribution in [3.05, 3.63) is 51.5 Å². The standard InChI is InChI=1S/C15H14Cl2FN/c1-3-4-11-12(8-14(16)19-15(11)17)10-6-5-9(2)7-13(10)18/h5-8H,3-4H2,1-2H3. The quantitative estimate of drug-likeness (QED) is 0.686. The summed E-state index contributed by atoms with van der Waals surface area (Å²) in [5.41, 5.74) is 2.96. The Morgan fingerprint density at radius 3 is 2.53 bits per heavy atom. The molecule has 0 saturated carbocycles. The van der Waals surface area contributed by atoms with Crippen LogP contribution in [0.15, 0.2) is 24.3 Å². The molecule has 0 aliphatic carbocycles. The minimum atomic E-state index is -0.268. The fourth-order valence-electron chi connectivity index (χ4n) is 2.08. The van der Waals surface area contributed by atoms with Crippen LogP contribution in [0, 0.1) is 12.7 Å². The van der Waals surface area contributed by atoms with Gasteiger partial charge in [-0.2, -0.15) is 0 Å². The highest BCUT2D eigenvalue weighted by Gasteiger charge is 2.14. The lowest BCUT2D eigenvalue weighted by Gasteiger charge is -2.12. The summed E-state index contributed by atoms with van der Waals surface area (Å²) in [6.45, 7) is 3.90. The molecule has 0 amide bonds. The molecule has 2 rings (SSSR count). The number of aryl methyl sites for hydroxylation is 1. The van der Waals surface area contributed by atoms with Crippen LogP contribution < -0.4 is 0 Å². The highest BCUT2D eigenvalue weighted by molar-refractivity contribution is 6.33. The zero-order valence-corrected chi connectivity index (χ0v) is 12.3. The third-order valence-electron chi connectivity index (χ3n) is 2.96. The molecular weight excluding hydrogens is 284 g/mol. The predicted molar refractivity (Wildman–Crippen MR) is 78.4 cm³/mol. The maximum Gasteiger partial charge on any atom is 0.134 e. The van der Waals surface area contributed by atoms with Crippen molar-refractivity contribution >= 4 is 23.2 Å². The highest BCUT2D eigenvalue weighted by Crippen LogP contribution is 2.33. The number of halogens is 3. The van der Waals surface area contributed by atoms with E-state index in [1.807, 2.05) is 19.9 Å². The Balaban J connectivity index is 2.66. The van der Waals surface area contributed by atoms with Crippen LogP contribution in [-0.2, 0) is 6.42 Å². The van der Waals surface area contributed by atoms with Crippen LogP contribution in [0.5, 0.6) is 0 Å². The lowest BCUT2D eigenvalue weighted by molar-refractivity contribution is 0.630. The Morgan fingerprint density at radius 1 is 1.16 bits per heavy atom. The second-order valence-corrected chi connectivity index (χ2v) is 5.24. The summed E-state index contributed by atoms with van der Waals surface area (Å²) >= 11 is 12.1. The average molecular weight is 298 g/mol. The summed E-state index contributed by atoms with van der Waals surface area (Å²) in [6, 6.07) is 6.81. The van der Waals surface area contributed by atoms with E-state index >= 15 is 0 Å². The molecule has 1 aromatic carbocycles. The van der Waals surface area contributed by atoms with Gasteiger partial charge >= 0.3 is 0 Å². The molecule has 1 nitrogen and oxygen atoms in total. The molecule has 2 aromatic rings. The van der Waals surface area contributed by atoms with Gasteiger partial charge in [0.25, 0.3) is 0 Å². The minimum Gasteiger partial charge on any atom is -0.224 e. The number of rotatable bonds is 3. The molecule has 0 spiro atoms. The summed E-state index contributed by atoms with van der Waals surface area (Å²) in [5.74, 6) is -0.268. The van der Waals surface area contributed by atoms with Crippen LogP contribution in [0.3, 0.4) is 0 Å². The molecule has 0 saturated heterocycles. The first-order valence-electron chi connectivity index (χ1n) is 6.14. The normalized spacial score (nSPS) is 10.8. The zero-order valence-electron chi connectivity index (χ0n) is 10.8. The van der Waals surface area contributed by atoms with E-state index in [0.717, 1.165) is 29.5 Å². The Bertz CT molecular complexity index is 611. The summed E-state index contributed by atoms with van der Waals surface area (Å²) in [4.78, 5) is 4.03. The second-order valence-electron chi connectivity index (χ2n) is 4.50. The van der Waals surface area contributed by atoms with Gasteiger partial charge in [0.15, 0.2) is 0 Å². The van der Waals surface area contributed by atoms with Crippen molar-refractivity contribution in [2.45, 2.75) is 26.7 Å². The maximum absolute atomic E-state index is 14.1. The van der Waals surface area contributed by atoms with Crippen molar-refractivity contribution in [2.75, 3.05) is 0 Å². The lowest BCUT2D eigenvalue weighted by atomic mass is 9.97. The number of aromatic nitrogens is 1. The molecule has 0 bridgehead atoms. The highest BCUT2D eigenvalue weighted by atomic mass is 35.5. The minimum absolute atomic E-state index is 0.268. The first kappa shape index (κ1) is 14.3. The lowest BCUT2D eigenvalue weighted by Crippen LogP contribution is -1.96. The molecule has 0 aliphatic heterocycles. The van der Waals surface area contributed by atoms with Gasteiger partial charge in [0, 0.05) is 5.56 Å². The van der Waals surface area contributed by atoms with Gasteiger partial charge in [0.2, 0.25) is 0 Å². The SMILES string of the molecule is CCCc1c(-c2ccc(C)cc2F)cc(Cl)nc1Cl. The van der Waals surface area contributed by atoms with Crippen molar-refractivity contribution < 1.29 is 4.39 Å². The third kappa shape index (κ3) is 3.07. The topological polar surface area (TPSA) is 12.9 Å². The summed E-state index contributed by atoms with van der Waals surface area (Å²) in [7, 11) is 0. The number of benzene rings is 1. The first-order valence-corrected chi connectivity index (χ1v) is 6.90. The van der Waals surface area contributed by atoms with Crippen molar-refractivity contribution in [3.63, 3.8) is 0 Å². The molecule has 0 atom stereocenters. The van der Waals surface area contributed by atoms with Crippen molar-refractivity contribution in [2.24, 2.45) is 0 Å². The summed E-state index contributed by atoms with van der Waals surface area (Å²) < 4.78 is 14.1. The van der Waals surface area contributed by atoms with Crippen LogP contribution >= 0.6 is 23.2 Å². The van der Waals surface area contributed by atoms with Crippen LogP contribution in [-0.4, -0.2) is 4.98 Å². The van der Waals surface area contributed by atoms with Crippen molar-refractivity contribution in [1.82, 2.24) is 4.98 Å². The van der Waals surface area contributed by atoms with E-state index in [4.69, 9.17) is 23.2 Å². The van der Waals surface area contributed by atoms with E-state index in [-0.39, 0.29) is 11.0 Å². The van der Waals surface area contributed by atoms with E-state index in [9.17, 15) is 4.39 Å². The summed E-state index contributed by atoms with van der Waals surface area (Å²) in [6.07, 6.45) is 1.65. The number of nitrogens with zero attached hydrogens (tertiary/aromatic N) is 1. The predicted octanol–water partition coefficient (Wildman–Crippen LogP) is 5.46. The smallest absolute Gasteiger partial charge is 0.134 e. The third-order valence-corrected chi connectivity index (χ3v) is 3.46. The zero-order chi connectivity index (χ0) is 14.0. The molecule has 4 heteroatoms. The van der Waals surface area contributed by atoms with Crippen LogP contribution in [0.1, 0.15) is 24.5 Å². The molecule has 1 aromatic heterocycles. The van der Waals surface area contributed by atoms with E-state index in [1.165, 1.54) is 6.07 Å². The first-order chi connectivity index (χ1) is 9.02. The Morgan fingerprint density at radius 2 is 1.89 bits per heavy atom. The maximum atomic E-state index is 14.1. The monoisotopic (exact) mass is 297 g/mol. The number of hydrogen-bond acceptors (Lipinski definition) is 1. The molecule has 1 heterocycles. The molecule has 19 heavy (non-hydrogen) atoms. The Kier molecular flexibility index (Phi) is 4.43. The number of hydrogen-bond donors (Lipinski definition) is 0. The van der Waals surface area contributed by atoms with Gasteiger partial charge in [-0.15, -0.1) is 0 Å². The average Bonchev–Trinajstić information content (AvgIpc) is 2.32. The van der Waals surface area contributed by atoms with E-state index in [2.05, 4.69) is 4.98 Å². The number of pyridine rings is 1. The molecule has 0 fully saturated rings. The van der Waals surface area contributed by atoms with Gasteiger partial charge in [0.1, 0.15) is 16.1 Å². The van der Waals surface area contributed by atoms with Crippen LogP contribution in [0.4, 0.5) is 4.39 Å². The molecule has 100 valence electrons. The van der Waals surface area contributed by atoms with Crippen molar-refractivity contribution in [3.8, 4) is 11.1 Å². The van der Waals surface area contributed by atoms with Gasteiger partial charge < -0.3 is 0 Å².